The van der Waals surface area contributed by atoms with E-state index in [4.69, 9.17) is 9.15 Å². The highest BCUT2D eigenvalue weighted by molar-refractivity contribution is 5.78. The first-order valence-corrected chi connectivity index (χ1v) is 6.82. The molecule has 1 fully saturated rings. The number of carbonyl (C=O) groups is 1. The van der Waals surface area contributed by atoms with Gasteiger partial charge in [-0.15, -0.1) is 0 Å². The number of benzene rings is 1. The number of nitrogens with zero attached hydrogens (tertiary/aromatic N) is 1. The molecule has 20 heavy (non-hydrogen) atoms. The van der Waals surface area contributed by atoms with E-state index in [0.29, 0.717) is 12.5 Å². The fourth-order valence-electron chi connectivity index (χ4n) is 2.50. The average Bonchev–Trinajstić information content (AvgIpc) is 3.16. The van der Waals surface area contributed by atoms with Crippen molar-refractivity contribution in [3.63, 3.8) is 0 Å². The second-order valence-electron chi connectivity index (χ2n) is 4.94. The van der Waals surface area contributed by atoms with Gasteiger partial charge < -0.3 is 14.1 Å². The standard InChI is InChI=1S/C16H17NO3/c18-16(12-20-14-5-2-1-3-6-14)17-9-8-13(11-17)15-7-4-10-19-15/h1-7,10,13H,8-9,11-12H2. The number of amides is 1. The van der Waals surface area contributed by atoms with Crippen LogP contribution in [0.1, 0.15) is 18.1 Å². The first kappa shape index (κ1) is 12.8. The molecule has 4 heteroatoms. The molecule has 1 aliphatic rings. The summed E-state index contributed by atoms with van der Waals surface area (Å²) in [6, 6.07) is 13.3. The summed E-state index contributed by atoms with van der Waals surface area (Å²) in [6.45, 7) is 1.57. The molecule has 1 aromatic heterocycles. The van der Waals surface area contributed by atoms with Crippen LogP contribution >= 0.6 is 0 Å². The number of likely N-dealkylation sites (tertiary alicyclic amines) is 1. The van der Waals surface area contributed by atoms with E-state index in [2.05, 4.69) is 0 Å². The van der Waals surface area contributed by atoms with Crippen molar-refractivity contribution < 1.29 is 13.9 Å². The highest BCUT2D eigenvalue weighted by Gasteiger charge is 2.28. The van der Waals surface area contributed by atoms with Crippen LogP contribution in [0.15, 0.2) is 53.1 Å². The van der Waals surface area contributed by atoms with Crippen LogP contribution in [-0.2, 0) is 4.79 Å². The molecule has 0 N–H and O–H groups in total. The lowest BCUT2D eigenvalue weighted by Gasteiger charge is -2.16. The molecule has 104 valence electrons. The normalized spacial score (nSPS) is 18.2. The summed E-state index contributed by atoms with van der Waals surface area (Å²) in [7, 11) is 0. The minimum Gasteiger partial charge on any atom is -0.484 e. The molecule has 1 atom stereocenters. The molecular weight excluding hydrogens is 254 g/mol. The highest BCUT2D eigenvalue weighted by Crippen LogP contribution is 2.27. The van der Waals surface area contributed by atoms with E-state index in [1.807, 2.05) is 47.4 Å². The predicted octanol–water partition coefficient (Wildman–Crippen LogP) is 2.67. The predicted molar refractivity (Wildman–Crippen MR) is 74.6 cm³/mol. The molecule has 4 nitrogen and oxygen atoms in total. The summed E-state index contributed by atoms with van der Waals surface area (Å²) in [4.78, 5) is 13.9. The van der Waals surface area contributed by atoms with Gasteiger partial charge in [0.2, 0.25) is 0 Å². The monoisotopic (exact) mass is 271 g/mol. The van der Waals surface area contributed by atoms with Crippen molar-refractivity contribution in [2.45, 2.75) is 12.3 Å². The van der Waals surface area contributed by atoms with Crippen molar-refractivity contribution >= 4 is 5.91 Å². The Morgan fingerprint density at radius 2 is 2.10 bits per heavy atom. The van der Waals surface area contributed by atoms with Crippen LogP contribution in [-0.4, -0.2) is 30.5 Å². The molecule has 2 heterocycles. The van der Waals surface area contributed by atoms with Gasteiger partial charge in [-0.25, -0.2) is 0 Å². The molecule has 1 amide bonds. The Labute approximate surface area is 118 Å². The number of hydrogen-bond acceptors (Lipinski definition) is 3. The Morgan fingerprint density at radius 1 is 1.25 bits per heavy atom. The van der Waals surface area contributed by atoms with Gasteiger partial charge in [0, 0.05) is 19.0 Å². The Morgan fingerprint density at radius 3 is 2.85 bits per heavy atom. The molecule has 1 aromatic carbocycles. The van der Waals surface area contributed by atoms with Gasteiger partial charge in [0.05, 0.1) is 6.26 Å². The molecule has 0 radical (unpaired) electrons. The van der Waals surface area contributed by atoms with E-state index in [0.717, 1.165) is 24.5 Å². The minimum absolute atomic E-state index is 0.0305. The molecule has 0 bridgehead atoms. The lowest BCUT2D eigenvalue weighted by Crippen LogP contribution is -2.32. The number of furan rings is 1. The number of hydrogen-bond donors (Lipinski definition) is 0. The summed E-state index contributed by atoms with van der Waals surface area (Å²) >= 11 is 0. The van der Waals surface area contributed by atoms with Gasteiger partial charge in [-0.3, -0.25) is 4.79 Å². The van der Waals surface area contributed by atoms with E-state index < -0.39 is 0 Å². The fraction of sp³-hybridized carbons (Fsp3) is 0.312. The van der Waals surface area contributed by atoms with Gasteiger partial charge in [-0.1, -0.05) is 18.2 Å². The van der Waals surface area contributed by atoms with Crippen molar-refractivity contribution in [2.75, 3.05) is 19.7 Å². The maximum Gasteiger partial charge on any atom is 0.260 e. The number of para-hydroxylation sites is 1. The van der Waals surface area contributed by atoms with Crippen LogP contribution in [0.25, 0.3) is 0 Å². The number of carbonyl (C=O) groups excluding carboxylic acids is 1. The molecular formula is C16H17NO3. The van der Waals surface area contributed by atoms with Crippen LogP contribution in [0.3, 0.4) is 0 Å². The largest absolute Gasteiger partial charge is 0.484 e. The second kappa shape index (κ2) is 5.82. The van der Waals surface area contributed by atoms with E-state index in [-0.39, 0.29) is 12.5 Å². The van der Waals surface area contributed by atoms with E-state index >= 15 is 0 Å². The van der Waals surface area contributed by atoms with Crippen molar-refractivity contribution in [3.05, 3.63) is 54.5 Å². The van der Waals surface area contributed by atoms with Gasteiger partial charge >= 0.3 is 0 Å². The highest BCUT2D eigenvalue weighted by atomic mass is 16.5. The zero-order valence-corrected chi connectivity index (χ0v) is 11.2. The van der Waals surface area contributed by atoms with Gasteiger partial charge in [-0.2, -0.15) is 0 Å². The van der Waals surface area contributed by atoms with Crippen molar-refractivity contribution in [2.24, 2.45) is 0 Å². The smallest absolute Gasteiger partial charge is 0.260 e. The molecule has 0 aliphatic carbocycles. The number of rotatable bonds is 4. The fourth-order valence-corrected chi connectivity index (χ4v) is 2.50. The van der Waals surface area contributed by atoms with Crippen molar-refractivity contribution in [1.29, 1.82) is 0 Å². The van der Waals surface area contributed by atoms with Crippen LogP contribution in [0.4, 0.5) is 0 Å². The third-order valence-electron chi connectivity index (χ3n) is 3.59. The average molecular weight is 271 g/mol. The zero-order valence-electron chi connectivity index (χ0n) is 11.2. The second-order valence-corrected chi connectivity index (χ2v) is 4.94. The first-order valence-electron chi connectivity index (χ1n) is 6.82. The Kier molecular flexibility index (Phi) is 3.72. The van der Waals surface area contributed by atoms with E-state index in [9.17, 15) is 4.79 Å². The molecule has 1 unspecified atom stereocenters. The summed E-state index contributed by atoms with van der Waals surface area (Å²) < 4.78 is 10.9. The molecule has 0 spiro atoms. The summed E-state index contributed by atoms with van der Waals surface area (Å²) in [6.07, 6.45) is 2.63. The third-order valence-corrected chi connectivity index (χ3v) is 3.59. The van der Waals surface area contributed by atoms with Gasteiger partial charge in [0.25, 0.3) is 5.91 Å². The number of ether oxygens (including phenoxy) is 1. The van der Waals surface area contributed by atoms with Crippen LogP contribution < -0.4 is 4.74 Å². The molecule has 1 saturated heterocycles. The molecule has 2 aromatic rings. The quantitative estimate of drug-likeness (QED) is 0.858. The topological polar surface area (TPSA) is 42.7 Å². The van der Waals surface area contributed by atoms with Crippen molar-refractivity contribution in [3.8, 4) is 5.75 Å². The Balaban J connectivity index is 1.51. The summed E-state index contributed by atoms with van der Waals surface area (Å²) in [5.74, 6) is 2.03. The third kappa shape index (κ3) is 2.85. The summed E-state index contributed by atoms with van der Waals surface area (Å²) in [5.41, 5.74) is 0. The van der Waals surface area contributed by atoms with Gasteiger partial charge in [0.1, 0.15) is 11.5 Å². The zero-order chi connectivity index (χ0) is 13.8. The van der Waals surface area contributed by atoms with Crippen LogP contribution in [0.2, 0.25) is 0 Å². The Bertz CT molecular complexity index is 550. The minimum atomic E-state index is 0.0305. The van der Waals surface area contributed by atoms with E-state index in [1.165, 1.54) is 0 Å². The molecule has 0 saturated carbocycles. The molecule has 1 aliphatic heterocycles. The molecule has 3 rings (SSSR count). The van der Waals surface area contributed by atoms with Gasteiger partial charge in [-0.05, 0) is 30.7 Å². The van der Waals surface area contributed by atoms with Crippen molar-refractivity contribution in [1.82, 2.24) is 4.90 Å². The maximum atomic E-state index is 12.1. The lowest BCUT2D eigenvalue weighted by atomic mass is 10.1. The van der Waals surface area contributed by atoms with Gasteiger partial charge in [0.15, 0.2) is 6.61 Å². The maximum absolute atomic E-state index is 12.1. The lowest BCUT2D eigenvalue weighted by molar-refractivity contribution is -0.132. The SMILES string of the molecule is O=C(COc1ccccc1)N1CCC(c2ccco2)C1. The van der Waals surface area contributed by atoms with Crippen LogP contribution in [0, 0.1) is 0 Å². The first-order chi connectivity index (χ1) is 9.83. The van der Waals surface area contributed by atoms with Crippen LogP contribution in [0.5, 0.6) is 5.75 Å². The summed E-state index contributed by atoms with van der Waals surface area (Å²) in [5, 5.41) is 0. The Hall–Kier alpha value is -2.23. The van der Waals surface area contributed by atoms with E-state index in [1.54, 1.807) is 6.26 Å².